The molecule has 1 unspecified atom stereocenters. The van der Waals surface area contributed by atoms with Crippen LogP contribution in [0.25, 0.3) is 0 Å². The summed E-state index contributed by atoms with van der Waals surface area (Å²) in [6.07, 6.45) is 10.8. The SMILES string of the molecule is C[C@]12CC[C@H](OC=O)CC1=CCC1[C@@H]2CC[C@]2(C)C(=O)CC[C@@H]12. The summed E-state index contributed by atoms with van der Waals surface area (Å²) in [6.45, 7) is 5.28. The molecule has 0 radical (unpaired) electrons. The van der Waals surface area contributed by atoms with Gasteiger partial charge in [-0.3, -0.25) is 9.59 Å². The average Bonchev–Trinajstić information content (AvgIpc) is 2.84. The molecule has 3 heteroatoms. The Balaban J connectivity index is 1.63. The number of ether oxygens (including phenoxy) is 1. The average molecular weight is 316 g/mol. The summed E-state index contributed by atoms with van der Waals surface area (Å²) in [4.78, 5) is 23.1. The minimum absolute atomic E-state index is 0.0410. The molecule has 3 saturated carbocycles. The molecule has 0 amide bonds. The van der Waals surface area contributed by atoms with E-state index in [0.717, 1.165) is 44.9 Å². The number of fused-ring (bicyclic) bond motifs is 5. The molecule has 126 valence electrons. The van der Waals surface area contributed by atoms with Gasteiger partial charge in [-0.25, -0.2) is 0 Å². The lowest BCUT2D eigenvalue weighted by molar-refractivity contribution is -0.136. The van der Waals surface area contributed by atoms with Gasteiger partial charge in [-0.1, -0.05) is 25.5 Å². The van der Waals surface area contributed by atoms with Crippen molar-refractivity contribution in [3.8, 4) is 0 Å². The first-order valence-electron chi connectivity index (χ1n) is 9.31. The first kappa shape index (κ1) is 15.4. The Bertz CT molecular complexity index is 565. The van der Waals surface area contributed by atoms with Crippen LogP contribution in [0.3, 0.4) is 0 Å². The van der Waals surface area contributed by atoms with Gasteiger partial charge < -0.3 is 4.74 Å². The van der Waals surface area contributed by atoms with Gasteiger partial charge in [0.05, 0.1) is 0 Å². The normalized spacial score (nSPS) is 48.8. The van der Waals surface area contributed by atoms with Crippen molar-refractivity contribution >= 4 is 12.3 Å². The molecular formula is C20H28O3. The third-order valence-electron chi connectivity index (χ3n) is 8.02. The number of hydrogen-bond acceptors (Lipinski definition) is 3. The van der Waals surface area contributed by atoms with Crippen LogP contribution in [-0.4, -0.2) is 18.4 Å². The van der Waals surface area contributed by atoms with Gasteiger partial charge in [-0.2, -0.15) is 0 Å². The maximum Gasteiger partial charge on any atom is 0.293 e. The van der Waals surface area contributed by atoms with Crippen molar-refractivity contribution in [2.75, 3.05) is 0 Å². The highest BCUT2D eigenvalue weighted by molar-refractivity contribution is 5.87. The number of Topliss-reactive ketones (excluding diaryl/α,β-unsaturated/α-hetero) is 1. The van der Waals surface area contributed by atoms with E-state index >= 15 is 0 Å². The Morgan fingerprint density at radius 2 is 1.87 bits per heavy atom. The minimum atomic E-state index is -0.0410. The summed E-state index contributed by atoms with van der Waals surface area (Å²) in [5.74, 6) is 2.50. The topological polar surface area (TPSA) is 43.4 Å². The maximum atomic E-state index is 12.4. The molecule has 6 atom stereocenters. The zero-order valence-electron chi connectivity index (χ0n) is 14.3. The van der Waals surface area contributed by atoms with Crippen LogP contribution in [-0.2, 0) is 14.3 Å². The predicted octanol–water partition coefficient (Wildman–Crippen LogP) is 4.06. The highest BCUT2D eigenvalue weighted by atomic mass is 16.5. The number of carbonyl (C=O) groups is 2. The number of ketones is 1. The highest BCUT2D eigenvalue weighted by Gasteiger charge is 2.58. The molecule has 3 nitrogen and oxygen atoms in total. The monoisotopic (exact) mass is 316 g/mol. The molecule has 0 aromatic carbocycles. The van der Waals surface area contributed by atoms with Crippen LogP contribution < -0.4 is 0 Å². The van der Waals surface area contributed by atoms with E-state index in [9.17, 15) is 9.59 Å². The molecular weight excluding hydrogens is 288 g/mol. The van der Waals surface area contributed by atoms with Crippen LogP contribution in [0.4, 0.5) is 0 Å². The van der Waals surface area contributed by atoms with Gasteiger partial charge in [0.15, 0.2) is 0 Å². The fourth-order valence-electron chi connectivity index (χ4n) is 6.59. The third-order valence-corrected chi connectivity index (χ3v) is 8.02. The van der Waals surface area contributed by atoms with Crippen LogP contribution >= 0.6 is 0 Å². The van der Waals surface area contributed by atoms with E-state index in [1.54, 1.807) is 0 Å². The van der Waals surface area contributed by atoms with Crippen molar-refractivity contribution in [3.05, 3.63) is 11.6 Å². The molecule has 0 saturated heterocycles. The van der Waals surface area contributed by atoms with Crippen molar-refractivity contribution in [2.45, 2.75) is 71.3 Å². The van der Waals surface area contributed by atoms with Crippen LogP contribution in [0.5, 0.6) is 0 Å². The van der Waals surface area contributed by atoms with Crippen LogP contribution in [0, 0.1) is 28.6 Å². The van der Waals surface area contributed by atoms with Gasteiger partial charge in [-0.15, -0.1) is 0 Å². The third kappa shape index (κ3) is 2.08. The Labute approximate surface area is 138 Å². The van der Waals surface area contributed by atoms with E-state index in [1.165, 1.54) is 12.0 Å². The van der Waals surface area contributed by atoms with Crippen molar-refractivity contribution in [1.29, 1.82) is 0 Å². The molecule has 0 spiro atoms. The number of hydrogen-bond donors (Lipinski definition) is 0. The van der Waals surface area contributed by atoms with Gasteiger partial charge in [0.2, 0.25) is 0 Å². The van der Waals surface area contributed by atoms with Crippen molar-refractivity contribution < 1.29 is 14.3 Å². The zero-order valence-corrected chi connectivity index (χ0v) is 14.3. The van der Waals surface area contributed by atoms with Gasteiger partial charge in [0.25, 0.3) is 6.47 Å². The number of carbonyl (C=O) groups excluding carboxylic acids is 2. The predicted molar refractivity (Wildman–Crippen MR) is 87.6 cm³/mol. The van der Waals surface area contributed by atoms with E-state index in [4.69, 9.17) is 4.74 Å². The highest BCUT2D eigenvalue weighted by Crippen LogP contribution is 2.64. The summed E-state index contributed by atoms with van der Waals surface area (Å²) in [7, 11) is 0. The van der Waals surface area contributed by atoms with Crippen molar-refractivity contribution in [1.82, 2.24) is 0 Å². The van der Waals surface area contributed by atoms with Crippen LogP contribution in [0.2, 0.25) is 0 Å². The van der Waals surface area contributed by atoms with E-state index < -0.39 is 0 Å². The molecule has 0 bridgehead atoms. The quantitative estimate of drug-likeness (QED) is 0.570. The Morgan fingerprint density at radius 3 is 2.65 bits per heavy atom. The molecule has 0 aromatic heterocycles. The molecule has 23 heavy (non-hydrogen) atoms. The minimum Gasteiger partial charge on any atom is -0.464 e. The lowest BCUT2D eigenvalue weighted by Gasteiger charge is -2.56. The van der Waals surface area contributed by atoms with Crippen LogP contribution in [0.15, 0.2) is 11.6 Å². The van der Waals surface area contributed by atoms with Gasteiger partial charge in [-0.05, 0) is 61.7 Å². The largest absolute Gasteiger partial charge is 0.464 e. The molecule has 0 heterocycles. The maximum absolute atomic E-state index is 12.4. The second kappa shape index (κ2) is 5.19. The van der Waals surface area contributed by atoms with E-state index in [-0.39, 0.29) is 16.9 Å². The summed E-state index contributed by atoms with van der Waals surface area (Å²) in [6, 6.07) is 0. The molecule has 0 N–H and O–H groups in total. The summed E-state index contributed by atoms with van der Waals surface area (Å²) < 4.78 is 5.25. The Morgan fingerprint density at radius 1 is 1.13 bits per heavy atom. The molecule has 0 aromatic rings. The molecule has 0 aliphatic heterocycles. The Hall–Kier alpha value is -1.12. The molecule has 4 aliphatic carbocycles. The van der Waals surface area contributed by atoms with Gasteiger partial charge >= 0.3 is 0 Å². The zero-order chi connectivity index (χ0) is 16.2. The molecule has 3 fully saturated rings. The molecule has 4 rings (SSSR count). The number of rotatable bonds is 2. The summed E-state index contributed by atoms with van der Waals surface area (Å²) in [5, 5.41) is 0. The van der Waals surface area contributed by atoms with E-state index in [0.29, 0.717) is 30.0 Å². The summed E-state index contributed by atoms with van der Waals surface area (Å²) >= 11 is 0. The van der Waals surface area contributed by atoms with Crippen LogP contribution in [0.1, 0.15) is 65.2 Å². The standard InChI is InChI=1S/C20H28O3/c1-19-9-7-14(23-12-21)11-13(19)3-4-15-16-5-6-18(22)20(16,2)10-8-17(15)19/h3,12,14-17H,4-11H2,1-2H3/t14-,15?,16-,17-,19-,20-/m0/s1. The van der Waals surface area contributed by atoms with E-state index in [1.807, 2.05) is 0 Å². The molecule has 4 aliphatic rings. The second-order valence-electron chi connectivity index (χ2n) is 8.77. The Kier molecular flexibility index (Phi) is 3.48. The number of allylic oxidation sites excluding steroid dienone is 1. The smallest absolute Gasteiger partial charge is 0.293 e. The van der Waals surface area contributed by atoms with E-state index in [2.05, 4.69) is 19.9 Å². The fourth-order valence-corrected chi connectivity index (χ4v) is 6.59. The lowest BCUT2D eigenvalue weighted by atomic mass is 9.48. The van der Waals surface area contributed by atoms with Gasteiger partial charge in [0, 0.05) is 18.3 Å². The van der Waals surface area contributed by atoms with Gasteiger partial charge in [0.1, 0.15) is 11.9 Å². The fraction of sp³-hybridized carbons (Fsp3) is 0.800. The first-order chi connectivity index (χ1) is 11.0. The van der Waals surface area contributed by atoms with Crippen molar-refractivity contribution in [3.63, 3.8) is 0 Å². The lowest BCUT2D eigenvalue weighted by Crippen LogP contribution is -2.50. The second-order valence-corrected chi connectivity index (χ2v) is 8.77. The van der Waals surface area contributed by atoms with Crippen molar-refractivity contribution in [2.24, 2.45) is 28.6 Å². The first-order valence-corrected chi connectivity index (χ1v) is 9.31. The summed E-state index contributed by atoms with van der Waals surface area (Å²) in [5.41, 5.74) is 1.74.